The molecule has 0 bridgehead atoms. The molecule has 0 aromatic carbocycles. The Kier molecular flexibility index (Phi) is 17.1. The lowest BCUT2D eigenvalue weighted by atomic mass is 10.0. The minimum absolute atomic E-state index is 0. The number of halogens is 1. The molecule has 0 heterocycles. The fraction of sp³-hybridized carbons (Fsp3) is 0.933. The van der Waals surface area contributed by atoms with Crippen LogP contribution in [0.3, 0.4) is 0 Å². The molecule has 0 spiro atoms. The zero-order valence-electron chi connectivity index (χ0n) is 13.7. The number of hydrogen-bond acceptors (Lipinski definition) is 2. The van der Waals surface area contributed by atoms with Gasteiger partial charge in [-0.2, -0.15) is 0 Å². The molecule has 1 atom stereocenters. The molecule has 0 radical (unpaired) electrons. The van der Waals surface area contributed by atoms with Crippen molar-refractivity contribution in [1.29, 1.82) is 0 Å². The maximum atomic E-state index is 5.82. The van der Waals surface area contributed by atoms with E-state index in [-0.39, 0.29) is 24.0 Å². The van der Waals surface area contributed by atoms with Gasteiger partial charge < -0.3 is 15.8 Å². The molecule has 4 nitrogen and oxygen atoms in total. The summed E-state index contributed by atoms with van der Waals surface area (Å²) in [5, 5.41) is 3.17. The van der Waals surface area contributed by atoms with Crippen molar-refractivity contribution in [2.75, 3.05) is 19.7 Å². The second-order valence-electron chi connectivity index (χ2n) is 5.28. The lowest BCUT2D eigenvalue weighted by Gasteiger charge is -2.20. The van der Waals surface area contributed by atoms with Crippen LogP contribution in [0, 0.1) is 5.92 Å². The summed E-state index contributed by atoms with van der Waals surface area (Å²) in [6.45, 7) is 11.0. The summed E-state index contributed by atoms with van der Waals surface area (Å²) in [7, 11) is 0. The summed E-state index contributed by atoms with van der Waals surface area (Å²) < 4.78 is 5.69. The summed E-state index contributed by atoms with van der Waals surface area (Å²) in [6.07, 6.45) is 6.18. The van der Waals surface area contributed by atoms with E-state index >= 15 is 0 Å². The van der Waals surface area contributed by atoms with Gasteiger partial charge in [0.1, 0.15) is 0 Å². The van der Waals surface area contributed by atoms with Crippen molar-refractivity contribution in [3.63, 3.8) is 0 Å². The van der Waals surface area contributed by atoms with Crippen LogP contribution in [0.15, 0.2) is 4.99 Å². The minimum Gasteiger partial charge on any atom is -0.378 e. The van der Waals surface area contributed by atoms with Crippen molar-refractivity contribution >= 4 is 29.9 Å². The predicted octanol–water partition coefficient (Wildman–Crippen LogP) is 3.54. The molecule has 5 heteroatoms. The van der Waals surface area contributed by atoms with Gasteiger partial charge in [0, 0.05) is 19.7 Å². The Morgan fingerprint density at radius 1 is 1.20 bits per heavy atom. The summed E-state index contributed by atoms with van der Waals surface area (Å²) in [6, 6.07) is 0. The summed E-state index contributed by atoms with van der Waals surface area (Å²) >= 11 is 0. The third kappa shape index (κ3) is 13.0. The second kappa shape index (κ2) is 15.4. The number of rotatable bonds is 11. The van der Waals surface area contributed by atoms with Crippen LogP contribution < -0.4 is 11.1 Å². The third-order valence-electron chi connectivity index (χ3n) is 3.15. The molecular formula is C15H34IN3O. The van der Waals surface area contributed by atoms with Crippen molar-refractivity contribution in [2.24, 2.45) is 16.6 Å². The fourth-order valence-corrected chi connectivity index (χ4v) is 1.96. The van der Waals surface area contributed by atoms with E-state index in [9.17, 15) is 0 Å². The molecular weight excluding hydrogens is 365 g/mol. The van der Waals surface area contributed by atoms with Crippen LogP contribution in [0.5, 0.6) is 0 Å². The summed E-state index contributed by atoms with van der Waals surface area (Å²) in [5.74, 6) is 1.10. The first-order valence-corrected chi connectivity index (χ1v) is 7.77. The molecule has 1 unspecified atom stereocenters. The highest BCUT2D eigenvalue weighted by atomic mass is 127. The molecule has 0 aliphatic carbocycles. The van der Waals surface area contributed by atoms with Gasteiger partial charge in [-0.15, -0.1) is 24.0 Å². The molecule has 0 aliphatic rings. The number of nitrogens with zero attached hydrogens (tertiary/aromatic N) is 1. The van der Waals surface area contributed by atoms with E-state index in [1.165, 1.54) is 19.3 Å². The molecule has 3 N–H and O–H groups in total. The van der Waals surface area contributed by atoms with Crippen LogP contribution >= 0.6 is 24.0 Å². The maximum Gasteiger partial charge on any atom is 0.188 e. The predicted molar refractivity (Wildman–Crippen MR) is 98.9 cm³/mol. The normalized spacial score (nSPS) is 13.2. The number of hydrogen-bond donors (Lipinski definition) is 2. The molecule has 0 aromatic heterocycles. The molecule has 0 amide bonds. The molecule has 20 heavy (non-hydrogen) atoms. The highest BCUT2D eigenvalue weighted by molar-refractivity contribution is 14.0. The lowest BCUT2D eigenvalue weighted by molar-refractivity contribution is 0.0258. The first-order valence-electron chi connectivity index (χ1n) is 7.77. The summed E-state index contributed by atoms with van der Waals surface area (Å²) in [5.41, 5.74) is 5.82. The molecule has 122 valence electrons. The zero-order chi connectivity index (χ0) is 14.5. The SMILES string of the molecule is CCCCCCN=C(N)NCCC(OCC)C(C)C.I. The van der Waals surface area contributed by atoms with E-state index in [2.05, 4.69) is 31.1 Å². The molecule has 0 aliphatic heterocycles. The summed E-state index contributed by atoms with van der Waals surface area (Å²) in [4.78, 5) is 4.33. The molecule has 0 fully saturated rings. The standard InChI is InChI=1S/C15H33N3O.HI/c1-5-7-8-9-11-17-15(16)18-12-10-14(13(3)4)19-6-2;/h13-14H,5-12H2,1-4H3,(H3,16,17,18);1H. The van der Waals surface area contributed by atoms with Gasteiger partial charge in [0.05, 0.1) is 6.10 Å². The third-order valence-corrected chi connectivity index (χ3v) is 3.15. The van der Waals surface area contributed by atoms with E-state index in [0.29, 0.717) is 18.0 Å². The zero-order valence-corrected chi connectivity index (χ0v) is 16.0. The number of aliphatic imine (C=N–C) groups is 1. The van der Waals surface area contributed by atoms with Crippen LogP contribution in [-0.2, 0) is 4.74 Å². The second-order valence-corrected chi connectivity index (χ2v) is 5.28. The Bertz CT molecular complexity index is 235. The molecule has 0 saturated carbocycles. The maximum absolute atomic E-state index is 5.82. The molecule has 0 aromatic rings. The van der Waals surface area contributed by atoms with E-state index < -0.39 is 0 Å². The van der Waals surface area contributed by atoms with Crippen molar-refractivity contribution in [2.45, 2.75) is 65.9 Å². The Hall–Kier alpha value is -0.0400. The van der Waals surface area contributed by atoms with E-state index in [1.54, 1.807) is 0 Å². The highest BCUT2D eigenvalue weighted by Crippen LogP contribution is 2.09. The van der Waals surface area contributed by atoms with E-state index in [1.807, 2.05) is 6.92 Å². The van der Waals surface area contributed by atoms with Crippen LogP contribution in [0.25, 0.3) is 0 Å². The highest BCUT2D eigenvalue weighted by Gasteiger charge is 2.12. The quantitative estimate of drug-likeness (QED) is 0.242. The number of unbranched alkanes of at least 4 members (excludes halogenated alkanes) is 3. The van der Waals surface area contributed by atoms with Gasteiger partial charge in [0.25, 0.3) is 0 Å². The van der Waals surface area contributed by atoms with E-state index in [0.717, 1.165) is 32.5 Å². The molecule has 0 saturated heterocycles. The minimum atomic E-state index is 0. The molecule has 0 rings (SSSR count). The smallest absolute Gasteiger partial charge is 0.188 e. The first-order chi connectivity index (χ1) is 9.11. The number of guanidine groups is 1. The topological polar surface area (TPSA) is 59.6 Å². The van der Waals surface area contributed by atoms with Gasteiger partial charge >= 0.3 is 0 Å². The van der Waals surface area contributed by atoms with Crippen molar-refractivity contribution < 1.29 is 4.74 Å². The monoisotopic (exact) mass is 399 g/mol. The van der Waals surface area contributed by atoms with Crippen LogP contribution in [0.4, 0.5) is 0 Å². The van der Waals surface area contributed by atoms with Gasteiger partial charge in [-0.1, -0.05) is 40.0 Å². The van der Waals surface area contributed by atoms with Crippen molar-refractivity contribution in [3.05, 3.63) is 0 Å². The van der Waals surface area contributed by atoms with Crippen LogP contribution in [0.2, 0.25) is 0 Å². The van der Waals surface area contributed by atoms with Gasteiger partial charge in [-0.3, -0.25) is 4.99 Å². The number of ether oxygens (including phenoxy) is 1. The Morgan fingerprint density at radius 2 is 1.90 bits per heavy atom. The van der Waals surface area contributed by atoms with Crippen molar-refractivity contribution in [1.82, 2.24) is 5.32 Å². The van der Waals surface area contributed by atoms with Crippen molar-refractivity contribution in [3.8, 4) is 0 Å². The number of nitrogens with one attached hydrogen (secondary N) is 1. The van der Waals surface area contributed by atoms with Crippen LogP contribution in [-0.4, -0.2) is 31.8 Å². The van der Waals surface area contributed by atoms with Crippen LogP contribution in [0.1, 0.15) is 59.8 Å². The lowest BCUT2D eigenvalue weighted by Crippen LogP contribution is -2.35. The largest absolute Gasteiger partial charge is 0.378 e. The average Bonchev–Trinajstić information content (AvgIpc) is 2.37. The Morgan fingerprint density at radius 3 is 2.45 bits per heavy atom. The van der Waals surface area contributed by atoms with Gasteiger partial charge in [-0.25, -0.2) is 0 Å². The average molecular weight is 399 g/mol. The fourth-order valence-electron chi connectivity index (χ4n) is 1.96. The van der Waals surface area contributed by atoms with Gasteiger partial charge in [0.15, 0.2) is 5.96 Å². The number of nitrogens with two attached hydrogens (primary N) is 1. The van der Waals surface area contributed by atoms with Gasteiger partial charge in [-0.05, 0) is 25.7 Å². The Labute approximate surface area is 142 Å². The van der Waals surface area contributed by atoms with E-state index in [4.69, 9.17) is 10.5 Å². The first kappa shape index (κ1) is 22.2. The van der Waals surface area contributed by atoms with Gasteiger partial charge in [0.2, 0.25) is 0 Å². The Balaban J connectivity index is 0.